The molecule has 2 aromatic rings. The lowest BCUT2D eigenvalue weighted by Crippen LogP contribution is -2.10. The minimum absolute atomic E-state index is 0.772. The summed E-state index contributed by atoms with van der Waals surface area (Å²) < 4.78 is 0. The van der Waals surface area contributed by atoms with Crippen molar-refractivity contribution < 1.29 is 0 Å². The highest BCUT2D eigenvalue weighted by Gasteiger charge is 2.01. The van der Waals surface area contributed by atoms with Crippen molar-refractivity contribution >= 4 is 5.82 Å². The van der Waals surface area contributed by atoms with Gasteiger partial charge < -0.3 is 4.90 Å². The highest BCUT2D eigenvalue weighted by molar-refractivity contribution is 5.59. The van der Waals surface area contributed by atoms with E-state index in [1.54, 1.807) is 6.20 Å². The largest absolute Gasteiger partial charge is 0.363 e. The zero-order chi connectivity index (χ0) is 11.5. The van der Waals surface area contributed by atoms with Gasteiger partial charge in [0, 0.05) is 32.1 Å². The molecule has 0 saturated heterocycles. The molecule has 4 heteroatoms. The molecular formula is C12H14N4. The summed E-state index contributed by atoms with van der Waals surface area (Å²) in [5.41, 5.74) is 1.92. The normalized spacial score (nSPS) is 10.2. The van der Waals surface area contributed by atoms with Crippen molar-refractivity contribution in [3.8, 4) is 11.3 Å². The van der Waals surface area contributed by atoms with Crippen LogP contribution < -0.4 is 4.90 Å². The third kappa shape index (κ3) is 2.16. The van der Waals surface area contributed by atoms with Crippen molar-refractivity contribution in [3.05, 3.63) is 36.4 Å². The number of nitrogens with zero attached hydrogens (tertiary/aromatic N) is 4. The molecule has 0 aliphatic heterocycles. The molecule has 0 aliphatic rings. The van der Waals surface area contributed by atoms with Crippen LogP contribution in [0.3, 0.4) is 0 Å². The molecular weight excluding hydrogens is 200 g/mol. The first-order chi connectivity index (χ1) is 7.66. The van der Waals surface area contributed by atoms with Gasteiger partial charge in [0.05, 0.1) is 5.69 Å². The maximum atomic E-state index is 4.35. The average Bonchev–Trinajstić information content (AvgIpc) is 2.29. The van der Waals surface area contributed by atoms with Gasteiger partial charge in [0.15, 0.2) is 0 Å². The second kappa shape index (κ2) is 4.26. The number of anilines is 1. The number of rotatable bonds is 2. The molecule has 0 fully saturated rings. The Morgan fingerprint density at radius 2 is 1.88 bits per heavy atom. The summed E-state index contributed by atoms with van der Waals surface area (Å²) in [4.78, 5) is 14.7. The molecule has 16 heavy (non-hydrogen) atoms. The standard InChI is InChI=1S/C12H14N4/c1-9-13-7-6-11(15-9)10-4-5-12(14-8-10)16(2)3/h4-8H,1-3H3. The van der Waals surface area contributed by atoms with Crippen molar-refractivity contribution in [2.75, 3.05) is 19.0 Å². The Morgan fingerprint density at radius 1 is 1.06 bits per heavy atom. The number of hydrogen-bond donors (Lipinski definition) is 0. The van der Waals surface area contributed by atoms with Gasteiger partial charge in [0.1, 0.15) is 11.6 Å². The SMILES string of the molecule is Cc1nccc(-c2ccc(N(C)C)nc2)n1. The highest BCUT2D eigenvalue weighted by atomic mass is 15.1. The summed E-state index contributed by atoms with van der Waals surface area (Å²) in [7, 11) is 3.94. The van der Waals surface area contributed by atoms with Crippen LogP contribution in [0.25, 0.3) is 11.3 Å². The van der Waals surface area contributed by atoms with Gasteiger partial charge in [-0.05, 0) is 25.1 Å². The van der Waals surface area contributed by atoms with Gasteiger partial charge in [-0.15, -0.1) is 0 Å². The molecule has 2 heterocycles. The van der Waals surface area contributed by atoms with Gasteiger partial charge in [-0.25, -0.2) is 15.0 Å². The van der Waals surface area contributed by atoms with Gasteiger partial charge in [-0.3, -0.25) is 0 Å². The van der Waals surface area contributed by atoms with Crippen LogP contribution in [0.15, 0.2) is 30.6 Å². The second-order valence-corrected chi connectivity index (χ2v) is 3.79. The van der Waals surface area contributed by atoms with Crippen LogP contribution in [0.5, 0.6) is 0 Å². The fourth-order valence-electron chi connectivity index (χ4n) is 1.42. The predicted octanol–water partition coefficient (Wildman–Crippen LogP) is 1.91. The Morgan fingerprint density at radius 3 is 2.44 bits per heavy atom. The molecule has 0 aromatic carbocycles. The molecule has 0 unspecified atom stereocenters. The van der Waals surface area contributed by atoms with Crippen molar-refractivity contribution in [3.63, 3.8) is 0 Å². The molecule has 82 valence electrons. The van der Waals surface area contributed by atoms with Crippen LogP contribution in [-0.4, -0.2) is 29.0 Å². The summed E-state index contributed by atoms with van der Waals surface area (Å²) in [6.07, 6.45) is 3.59. The topological polar surface area (TPSA) is 41.9 Å². The van der Waals surface area contributed by atoms with Crippen molar-refractivity contribution in [1.29, 1.82) is 0 Å². The average molecular weight is 214 g/mol. The third-order valence-corrected chi connectivity index (χ3v) is 2.28. The van der Waals surface area contributed by atoms with E-state index < -0.39 is 0 Å². The van der Waals surface area contributed by atoms with Crippen LogP contribution in [0.4, 0.5) is 5.82 Å². The molecule has 0 bridgehead atoms. The molecule has 0 amide bonds. The van der Waals surface area contributed by atoms with Crippen LogP contribution in [0, 0.1) is 6.92 Å². The second-order valence-electron chi connectivity index (χ2n) is 3.79. The summed E-state index contributed by atoms with van der Waals surface area (Å²) >= 11 is 0. The van der Waals surface area contributed by atoms with E-state index in [4.69, 9.17) is 0 Å². The molecule has 0 saturated carbocycles. The fraction of sp³-hybridized carbons (Fsp3) is 0.250. The molecule has 4 nitrogen and oxygen atoms in total. The molecule has 2 aromatic heterocycles. The summed E-state index contributed by atoms with van der Waals surface area (Å²) in [6, 6.07) is 5.89. The van der Waals surface area contributed by atoms with E-state index in [9.17, 15) is 0 Å². The summed E-state index contributed by atoms with van der Waals surface area (Å²) in [5, 5.41) is 0. The number of aromatic nitrogens is 3. The summed E-state index contributed by atoms with van der Waals surface area (Å²) in [6.45, 7) is 1.88. The van der Waals surface area contributed by atoms with Crippen LogP contribution in [0.1, 0.15) is 5.82 Å². The first-order valence-corrected chi connectivity index (χ1v) is 5.10. The monoisotopic (exact) mass is 214 g/mol. The van der Waals surface area contributed by atoms with E-state index in [0.29, 0.717) is 0 Å². The quantitative estimate of drug-likeness (QED) is 0.765. The molecule has 2 rings (SSSR count). The Labute approximate surface area is 95.0 Å². The zero-order valence-electron chi connectivity index (χ0n) is 9.68. The zero-order valence-corrected chi connectivity index (χ0v) is 9.68. The minimum Gasteiger partial charge on any atom is -0.363 e. The van der Waals surface area contributed by atoms with Gasteiger partial charge in [0.25, 0.3) is 0 Å². The van der Waals surface area contributed by atoms with E-state index in [-0.39, 0.29) is 0 Å². The lowest BCUT2D eigenvalue weighted by molar-refractivity contribution is 1.05. The molecule has 0 aliphatic carbocycles. The van der Waals surface area contributed by atoms with Gasteiger partial charge in [0.2, 0.25) is 0 Å². The van der Waals surface area contributed by atoms with Crippen LogP contribution in [-0.2, 0) is 0 Å². The van der Waals surface area contributed by atoms with Crippen molar-refractivity contribution in [2.45, 2.75) is 6.92 Å². The molecule has 0 spiro atoms. The Bertz CT molecular complexity index is 477. The maximum Gasteiger partial charge on any atom is 0.127 e. The molecule has 0 radical (unpaired) electrons. The Balaban J connectivity index is 2.35. The lowest BCUT2D eigenvalue weighted by Gasteiger charge is -2.11. The summed E-state index contributed by atoms with van der Waals surface area (Å²) in [5.74, 6) is 1.71. The number of aryl methyl sites for hydroxylation is 1. The Kier molecular flexibility index (Phi) is 2.81. The maximum absolute atomic E-state index is 4.35. The minimum atomic E-state index is 0.772. The van der Waals surface area contributed by atoms with Crippen LogP contribution in [0.2, 0.25) is 0 Å². The number of pyridine rings is 1. The van der Waals surface area contributed by atoms with E-state index in [1.807, 2.05) is 50.3 Å². The van der Waals surface area contributed by atoms with E-state index in [2.05, 4.69) is 15.0 Å². The van der Waals surface area contributed by atoms with E-state index >= 15 is 0 Å². The van der Waals surface area contributed by atoms with Gasteiger partial charge in [-0.2, -0.15) is 0 Å². The van der Waals surface area contributed by atoms with Crippen molar-refractivity contribution in [1.82, 2.24) is 15.0 Å². The van der Waals surface area contributed by atoms with Crippen LogP contribution >= 0.6 is 0 Å². The van der Waals surface area contributed by atoms with E-state index in [0.717, 1.165) is 22.9 Å². The first kappa shape index (κ1) is 10.5. The Hall–Kier alpha value is -1.97. The molecule has 0 atom stereocenters. The predicted molar refractivity (Wildman–Crippen MR) is 64.3 cm³/mol. The van der Waals surface area contributed by atoms with Gasteiger partial charge >= 0.3 is 0 Å². The smallest absolute Gasteiger partial charge is 0.127 e. The van der Waals surface area contributed by atoms with E-state index in [1.165, 1.54) is 0 Å². The number of hydrogen-bond acceptors (Lipinski definition) is 4. The lowest BCUT2D eigenvalue weighted by atomic mass is 10.2. The van der Waals surface area contributed by atoms with Gasteiger partial charge in [-0.1, -0.05) is 0 Å². The highest BCUT2D eigenvalue weighted by Crippen LogP contribution is 2.17. The van der Waals surface area contributed by atoms with Crippen molar-refractivity contribution in [2.24, 2.45) is 0 Å². The molecule has 0 N–H and O–H groups in total. The fourth-order valence-corrected chi connectivity index (χ4v) is 1.42. The first-order valence-electron chi connectivity index (χ1n) is 5.10. The third-order valence-electron chi connectivity index (χ3n) is 2.28.